The van der Waals surface area contributed by atoms with Crippen LogP contribution in [0.3, 0.4) is 0 Å². The van der Waals surface area contributed by atoms with Gasteiger partial charge in [0, 0.05) is 13.0 Å². The predicted octanol–water partition coefficient (Wildman–Crippen LogP) is 2.63. The Morgan fingerprint density at radius 1 is 1.31 bits per heavy atom. The molecule has 4 heteroatoms. The van der Waals surface area contributed by atoms with E-state index in [1.54, 1.807) is 0 Å². The molecule has 1 aliphatic carbocycles. The van der Waals surface area contributed by atoms with E-state index in [4.69, 9.17) is 0 Å². The SMILES string of the molecule is Cn1nnc(Br)c1C1CCCCC1. The molecular formula is C9H14BrN3. The molecule has 1 aromatic heterocycles. The molecule has 1 aromatic rings. The summed E-state index contributed by atoms with van der Waals surface area (Å²) in [6.07, 6.45) is 6.67. The Bertz CT molecular complexity index is 270. The molecule has 0 N–H and O–H groups in total. The van der Waals surface area contributed by atoms with Gasteiger partial charge in [0.1, 0.15) is 0 Å². The first-order chi connectivity index (χ1) is 6.29. The third kappa shape index (κ3) is 1.77. The average molecular weight is 244 g/mol. The Labute approximate surface area is 86.6 Å². The van der Waals surface area contributed by atoms with E-state index in [2.05, 4.69) is 26.2 Å². The molecule has 1 saturated carbocycles. The fraction of sp³-hybridized carbons (Fsp3) is 0.778. The highest BCUT2D eigenvalue weighted by Gasteiger charge is 2.21. The first-order valence-corrected chi connectivity index (χ1v) is 5.63. The van der Waals surface area contributed by atoms with Gasteiger partial charge in [0.05, 0.1) is 5.69 Å². The monoisotopic (exact) mass is 243 g/mol. The minimum absolute atomic E-state index is 0.670. The van der Waals surface area contributed by atoms with E-state index in [1.807, 2.05) is 11.7 Å². The van der Waals surface area contributed by atoms with Gasteiger partial charge in [0.15, 0.2) is 4.60 Å². The second-order valence-electron chi connectivity index (χ2n) is 3.72. The van der Waals surface area contributed by atoms with Crippen molar-refractivity contribution in [3.05, 3.63) is 10.3 Å². The standard InChI is InChI=1S/C9H14BrN3/c1-13-8(9(10)11-12-13)7-5-3-2-4-6-7/h7H,2-6H2,1H3. The lowest BCUT2D eigenvalue weighted by atomic mass is 9.87. The topological polar surface area (TPSA) is 30.7 Å². The van der Waals surface area contributed by atoms with Crippen LogP contribution in [-0.4, -0.2) is 15.0 Å². The van der Waals surface area contributed by atoms with E-state index in [-0.39, 0.29) is 0 Å². The predicted molar refractivity (Wildman–Crippen MR) is 54.5 cm³/mol. The van der Waals surface area contributed by atoms with Crippen molar-refractivity contribution in [1.82, 2.24) is 15.0 Å². The number of halogens is 1. The van der Waals surface area contributed by atoms with Crippen molar-refractivity contribution in [1.29, 1.82) is 0 Å². The smallest absolute Gasteiger partial charge is 0.151 e. The molecule has 72 valence electrons. The lowest BCUT2D eigenvalue weighted by Crippen LogP contribution is -2.09. The maximum absolute atomic E-state index is 4.02. The molecule has 0 aromatic carbocycles. The molecular weight excluding hydrogens is 230 g/mol. The quantitative estimate of drug-likeness (QED) is 0.760. The summed E-state index contributed by atoms with van der Waals surface area (Å²) in [5.74, 6) is 0.670. The average Bonchev–Trinajstić information content (AvgIpc) is 2.48. The highest BCUT2D eigenvalue weighted by Crippen LogP contribution is 2.34. The summed E-state index contributed by atoms with van der Waals surface area (Å²) in [5, 5.41) is 8.03. The summed E-state index contributed by atoms with van der Waals surface area (Å²) in [6.45, 7) is 0. The summed E-state index contributed by atoms with van der Waals surface area (Å²) in [6, 6.07) is 0. The van der Waals surface area contributed by atoms with Crippen LogP contribution >= 0.6 is 15.9 Å². The minimum atomic E-state index is 0.670. The molecule has 0 bridgehead atoms. The Morgan fingerprint density at radius 2 is 2.00 bits per heavy atom. The molecule has 13 heavy (non-hydrogen) atoms. The number of rotatable bonds is 1. The molecule has 0 amide bonds. The van der Waals surface area contributed by atoms with Crippen LogP contribution < -0.4 is 0 Å². The molecule has 0 radical (unpaired) electrons. The van der Waals surface area contributed by atoms with Crippen LogP contribution in [0.2, 0.25) is 0 Å². The van der Waals surface area contributed by atoms with E-state index in [9.17, 15) is 0 Å². The first-order valence-electron chi connectivity index (χ1n) is 4.84. The van der Waals surface area contributed by atoms with Gasteiger partial charge in [-0.15, -0.1) is 5.10 Å². The van der Waals surface area contributed by atoms with Crippen LogP contribution in [-0.2, 0) is 7.05 Å². The van der Waals surface area contributed by atoms with Gasteiger partial charge in [0.2, 0.25) is 0 Å². The lowest BCUT2D eigenvalue weighted by Gasteiger charge is -2.21. The zero-order valence-electron chi connectivity index (χ0n) is 7.83. The summed E-state index contributed by atoms with van der Waals surface area (Å²) in [4.78, 5) is 0. The fourth-order valence-electron chi connectivity index (χ4n) is 2.15. The van der Waals surface area contributed by atoms with Gasteiger partial charge < -0.3 is 0 Å². The number of aryl methyl sites for hydroxylation is 1. The van der Waals surface area contributed by atoms with Gasteiger partial charge >= 0.3 is 0 Å². The maximum Gasteiger partial charge on any atom is 0.151 e. The minimum Gasteiger partial charge on any atom is -0.251 e. The van der Waals surface area contributed by atoms with Gasteiger partial charge in [-0.3, -0.25) is 4.68 Å². The molecule has 3 nitrogen and oxygen atoms in total. The number of aromatic nitrogens is 3. The molecule has 0 spiro atoms. The Hall–Kier alpha value is -0.380. The highest BCUT2D eigenvalue weighted by molar-refractivity contribution is 9.10. The molecule has 2 rings (SSSR count). The van der Waals surface area contributed by atoms with Gasteiger partial charge in [-0.25, -0.2) is 0 Å². The van der Waals surface area contributed by atoms with Crippen molar-refractivity contribution in [3.63, 3.8) is 0 Å². The van der Waals surface area contributed by atoms with E-state index in [0.29, 0.717) is 5.92 Å². The maximum atomic E-state index is 4.02. The Morgan fingerprint density at radius 3 is 2.54 bits per heavy atom. The van der Waals surface area contributed by atoms with Crippen molar-refractivity contribution in [3.8, 4) is 0 Å². The molecule has 1 heterocycles. The van der Waals surface area contributed by atoms with E-state index in [1.165, 1.54) is 37.8 Å². The van der Waals surface area contributed by atoms with Crippen LogP contribution in [0.4, 0.5) is 0 Å². The zero-order valence-corrected chi connectivity index (χ0v) is 9.42. The first kappa shape index (κ1) is 9.19. The summed E-state index contributed by atoms with van der Waals surface area (Å²) in [5.41, 5.74) is 1.28. The summed E-state index contributed by atoms with van der Waals surface area (Å²) < 4.78 is 2.84. The highest BCUT2D eigenvalue weighted by atomic mass is 79.9. The zero-order chi connectivity index (χ0) is 9.26. The second-order valence-corrected chi connectivity index (χ2v) is 4.48. The van der Waals surface area contributed by atoms with Gasteiger partial charge in [-0.2, -0.15) is 0 Å². The van der Waals surface area contributed by atoms with Crippen molar-refractivity contribution in [2.45, 2.75) is 38.0 Å². The number of hydrogen-bond donors (Lipinski definition) is 0. The van der Waals surface area contributed by atoms with Gasteiger partial charge in [-0.1, -0.05) is 24.5 Å². The summed E-state index contributed by atoms with van der Waals surface area (Å²) >= 11 is 3.46. The number of hydrogen-bond acceptors (Lipinski definition) is 2. The molecule has 0 atom stereocenters. The largest absolute Gasteiger partial charge is 0.251 e. The normalized spacial score (nSPS) is 19.2. The second kappa shape index (κ2) is 3.78. The number of nitrogens with zero attached hydrogens (tertiary/aromatic N) is 3. The van der Waals surface area contributed by atoms with Crippen LogP contribution in [0.1, 0.15) is 43.7 Å². The van der Waals surface area contributed by atoms with E-state index >= 15 is 0 Å². The molecule has 1 fully saturated rings. The van der Waals surface area contributed by atoms with Crippen molar-refractivity contribution < 1.29 is 0 Å². The van der Waals surface area contributed by atoms with E-state index < -0.39 is 0 Å². The Balaban J connectivity index is 2.22. The molecule has 1 aliphatic rings. The molecule has 0 saturated heterocycles. The van der Waals surface area contributed by atoms with Crippen LogP contribution in [0.5, 0.6) is 0 Å². The lowest BCUT2D eigenvalue weighted by molar-refractivity contribution is 0.423. The Kier molecular flexibility index (Phi) is 2.67. The van der Waals surface area contributed by atoms with Crippen molar-refractivity contribution in [2.24, 2.45) is 7.05 Å². The van der Waals surface area contributed by atoms with Crippen molar-refractivity contribution in [2.75, 3.05) is 0 Å². The fourth-order valence-corrected chi connectivity index (χ4v) is 2.80. The third-order valence-electron chi connectivity index (χ3n) is 2.82. The molecule has 0 unspecified atom stereocenters. The van der Waals surface area contributed by atoms with Gasteiger partial charge in [-0.05, 0) is 28.8 Å². The molecule has 0 aliphatic heterocycles. The van der Waals surface area contributed by atoms with Crippen LogP contribution in [0.15, 0.2) is 4.60 Å². The van der Waals surface area contributed by atoms with Crippen LogP contribution in [0, 0.1) is 0 Å². The van der Waals surface area contributed by atoms with E-state index in [0.717, 1.165) is 4.60 Å². The third-order valence-corrected chi connectivity index (χ3v) is 3.38. The van der Waals surface area contributed by atoms with Crippen LogP contribution in [0.25, 0.3) is 0 Å². The van der Waals surface area contributed by atoms with Crippen molar-refractivity contribution >= 4 is 15.9 Å². The summed E-state index contributed by atoms with van der Waals surface area (Å²) in [7, 11) is 1.97. The van der Waals surface area contributed by atoms with Gasteiger partial charge in [0.25, 0.3) is 0 Å².